The van der Waals surface area contributed by atoms with Crippen LogP contribution >= 0.6 is 0 Å². The van der Waals surface area contributed by atoms with Crippen LogP contribution in [-0.2, 0) is 4.79 Å². The Kier molecular flexibility index (Phi) is 4.48. The van der Waals surface area contributed by atoms with Crippen molar-refractivity contribution in [1.82, 2.24) is 10.1 Å². The van der Waals surface area contributed by atoms with Crippen molar-refractivity contribution in [2.24, 2.45) is 0 Å². The van der Waals surface area contributed by atoms with Crippen molar-refractivity contribution in [2.75, 3.05) is 11.4 Å². The summed E-state index contributed by atoms with van der Waals surface area (Å²) in [5.74, 6) is 0.808. The molecule has 138 valence electrons. The topological polar surface area (TPSA) is 59.2 Å². The zero-order valence-electron chi connectivity index (χ0n) is 15.2. The minimum Gasteiger partial charge on any atom is -0.339 e. The van der Waals surface area contributed by atoms with Gasteiger partial charge in [0, 0.05) is 24.2 Å². The molecule has 27 heavy (non-hydrogen) atoms. The summed E-state index contributed by atoms with van der Waals surface area (Å²) < 4.78 is 18.5. The number of hydrogen-bond acceptors (Lipinski definition) is 4. The molecule has 4 rings (SSSR count). The number of anilines is 1. The zero-order chi connectivity index (χ0) is 19.0. The molecule has 5 nitrogen and oxygen atoms in total. The average molecular weight is 365 g/mol. The predicted molar refractivity (Wildman–Crippen MR) is 99.9 cm³/mol. The molecule has 0 N–H and O–H groups in total. The molecule has 6 heteroatoms. The van der Waals surface area contributed by atoms with E-state index in [1.807, 2.05) is 12.1 Å². The van der Waals surface area contributed by atoms with Gasteiger partial charge in [-0.2, -0.15) is 4.98 Å². The van der Waals surface area contributed by atoms with E-state index in [4.69, 9.17) is 4.52 Å². The second-order valence-electron chi connectivity index (χ2n) is 7.12. The maximum atomic E-state index is 13.1. The molecule has 2 heterocycles. The summed E-state index contributed by atoms with van der Waals surface area (Å²) in [6, 6.07) is 14.0. The predicted octanol–water partition coefficient (Wildman–Crippen LogP) is 4.52. The number of benzene rings is 2. The molecule has 3 aromatic rings. The van der Waals surface area contributed by atoms with Gasteiger partial charge in [0.1, 0.15) is 5.82 Å². The summed E-state index contributed by atoms with van der Waals surface area (Å²) in [4.78, 5) is 18.7. The van der Waals surface area contributed by atoms with Gasteiger partial charge in [-0.1, -0.05) is 31.1 Å². The minimum absolute atomic E-state index is 0.0439. The van der Waals surface area contributed by atoms with Crippen molar-refractivity contribution >= 4 is 11.6 Å². The Bertz CT molecular complexity index is 966. The van der Waals surface area contributed by atoms with Gasteiger partial charge in [0.2, 0.25) is 17.6 Å². The third-order valence-electron chi connectivity index (χ3n) is 4.87. The van der Waals surface area contributed by atoms with Crippen LogP contribution in [0.2, 0.25) is 0 Å². The number of hydrogen-bond donors (Lipinski definition) is 0. The van der Waals surface area contributed by atoms with E-state index in [0.717, 1.165) is 5.69 Å². The highest BCUT2D eigenvalue weighted by Gasteiger charge is 2.35. The van der Waals surface area contributed by atoms with Crippen LogP contribution in [0.25, 0.3) is 11.4 Å². The van der Waals surface area contributed by atoms with Gasteiger partial charge >= 0.3 is 0 Å². The van der Waals surface area contributed by atoms with E-state index in [2.05, 4.69) is 36.1 Å². The van der Waals surface area contributed by atoms with E-state index >= 15 is 0 Å². The highest BCUT2D eigenvalue weighted by Crippen LogP contribution is 2.33. The second-order valence-corrected chi connectivity index (χ2v) is 7.12. The highest BCUT2D eigenvalue weighted by atomic mass is 19.1. The molecule has 0 saturated carbocycles. The molecular weight excluding hydrogens is 345 g/mol. The molecule has 1 fully saturated rings. The standard InChI is InChI=1S/C21H20FN3O2/c1-13(2)15-4-3-5-18(10-15)25-12-16(11-19(25)26)21-23-20(24-27-21)14-6-8-17(22)9-7-14/h3-10,13,16H,11-12H2,1-2H3. The number of aromatic nitrogens is 2. The fourth-order valence-electron chi connectivity index (χ4n) is 3.29. The van der Waals surface area contributed by atoms with Crippen LogP contribution < -0.4 is 4.90 Å². The van der Waals surface area contributed by atoms with Crippen LogP contribution in [0.5, 0.6) is 0 Å². The summed E-state index contributed by atoms with van der Waals surface area (Å²) in [6.07, 6.45) is 0.330. The Morgan fingerprint density at radius 2 is 1.96 bits per heavy atom. The van der Waals surface area contributed by atoms with Gasteiger partial charge in [0.15, 0.2) is 0 Å². The quantitative estimate of drug-likeness (QED) is 0.682. The average Bonchev–Trinajstić information content (AvgIpc) is 3.29. The number of carbonyl (C=O) groups is 1. The van der Waals surface area contributed by atoms with E-state index in [0.29, 0.717) is 36.2 Å². The monoisotopic (exact) mass is 365 g/mol. The number of nitrogens with zero attached hydrogens (tertiary/aromatic N) is 3. The molecule has 1 aliphatic rings. The lowest BCUT2D eigenvalue weighted by Crippen LogP contribution is -2.24. The van der Waals surface area contributed by atoms with Gasteiger partial charge in [-0.05, 0) is 47.9 Å². The van der Waals surface area contributed by atoms with Crippen LogP contribution in [0.4, 0.5) is 10.1 Å². The lowest BCUT2D eigenvalue weighted by molar-refractivity contribution is -0.117. The van der Waals surface area contributed by atoms with Crippen molar-refractivity contribution < 1.29 is 13.7 Å². The lowest BCUT2D eigenvalue weighted by Gasteiger charge is -2.18. The summed E-state index contributed by atoms with van der Waals surface area (Å²) in [5, 5.41) is 3.98. The molecule has 0 aliphatic carbocycles. The van der Waals surface area contributed by atoms with E-state index in [-0.39, 0.29) is 17.6 Å². The van der Waals surface area contributed by atoms with Gasteiger partial charge in [0.25, 0.3) is 0 Å². The van der Waals surface area contributed by atoms with E-state index in [1.165, 1.54) is 17.7 Å². The summed E-state index contributed by atoms with van der Waals surface area (Å²) in [7, 11) is 0. The van der Waals surface area contributed by atoms with Crippen molar-refractivity contribution in [2.45, 2.75) is 32.1 Å². The van der Waals surface area contributed by atoms with E-state index < -0.39 is 0 Å². The molecular formula is C21H20FN3O2. The van der Waals surface area contributed by atoms with Gasteiger partial charge in [0.05, 0.1) is 5.92 Å². The number of halogens is 1. The fraction of sp³-hybridized carbons (Fsp3) is 0.286. The molecule has 0 radical (unpaired) electrons. The van der Waals surface area contributed by atoms with E-state index in [9.17, 15) is 9.18 Å². The van der Waals surface area contributed by atoms with Gasteiger partial charge < -0.3 is 9.42 Å². The third-order valence-corrected chi connectivity index (χ3v) is 4.87. The lowest BCUT2D eigenvalue weighted by atomic mass is 10.0. The molecule has 1 aromatic heterocycles. The number of amides is 1. The zero-order valence-corrected chi connectivity index (χ0v) is 15.2. The first-order valence-corrected chi connectivity index (χ1v) is 9.01. The van der Waals surface area contributed by atoms with Crippen LogP contribution in [0.15, 0.2) is 53.1 Å². The Hall–Kier alpha value is -3.02. The number of rotatable bonds is 4. The fourth-order valence-corrected chi connectivity index (χ4v) is 3.29. The van der Waals surface area contributed by atoms with Crippen LogP contribution in [0, 0.1) is 5.82 Å². The molecule has 1 saturated heterocycles. The Morgan fingerprint density at radius 3 is 2.70 bits per heavy atom. The second kappa shape index (κ2) is 6.95. The first-order chi connectivity index (χ1) is 13.0. The first-order valence-electron chi connectivity index (χ1n) is 9.01. The first kappa shape index (κ1) is 17.4. The van der Waals surface area contributed by atoms with Crippen molar-refractivity contribution in [3.05, 3.63) is 65.8 Å². The molecule has 2 aromatic carbocycles. The summed E-state index contributed by atoms with van der Waals surface area (Å²) >= 11 is 0. The molecule has 1 amide bonds. The van der Waals surface area contributed by atoms with Crippen molar-refractivity contribution in [1.29, 1.82) is 0 Å². The SMILES string of the molecule is CC(C)c1cccc(N2CC(c3nc(-c4ccc(F)cc4)no3)CC2=O)c1. The molecule has 1 unspecified atom stereocenters. The van der Waals surface area contributed by atoms with Crippen molar-refractivity contribution in [3.63, 3.8) is 0 Å². The molecule has 1 aliphatic heterocycles. The summed E-state index contributed by atoms with van der Waals surface area (Å²) in [6.45, 7) is 4.76. The summed E-state index contributed by atoms with van der Waals surface area (Å²) in [5.41, 5.74) is 2.77. The third kappa shape index (κ3) is 3.47. The Labute approximate surface area is 156 Å². The molecule has 0 spiro atoms. The van der Waals surface area contributed by atoms with Gasteiger partial charge in [-0.3, -0.25) is 4.79 Å². The maximum Gasteiger partial charge on any atom is 0.232 e. The smallest absolute Gasteiger partial charge is 0.232 e. The number of carbonyl (C=O) groups excluding carboxylic acids is 1. The minimum atomic E-state index is -0.317. The van der Waals surface area contributed by atoms with Gasteiger partial charge in [-0.15, -0.1) is 0 Å². The van der Waals surface area contributed by atoms with Crippen LogP contribution in [0.3, 0.4) is 0 Å². The van der Waals surface area contributed by atoms with Crippen LogP contribution in [-0.4, -0.2) is 22.6 Å². The van der Waals surface area contributed by atoms with E-state index in [1.54, 1.807) is 17.0 Å². The Morgan fingerprint density at radius 1 is 1.19 bits per heavy atom. The molecule has 1 atom stereocenters. The largest absolute Gasteiger partial charge is 0.339 e. The molecule has 0 bridgehead atoms. The maximum absolute atomic E-state index is 13.1. The van der Waals surface area contributed by atoms with Crippen LogP contribution in [0.1, 0.15) is 43.6 Å². The van der Waals surface area contributed by atoms with Crippen molar-refractivity contribution in [3.8, 4) is 11.4 Å². The normalized spacial score (nSPS) is 17.1. The highest BCUT2D eigenvalue weighted by molar-refractivity contribution is 5.96. The van der Waals surface area contributed by atoms with Gasteiger partial charge in [-0.25, -0.2) is 4.39 Å². The Balaban J connectivity index is 1.54.